The Labute approximate surface area is 114 Å². The average Bonchev–Trinajstić information content (AvgIpc) is 2.45. The molecule has 2 heterocycles. The fourth-order valence-corrected chi connectivity index (χ4v) is 1.81. The van der Waals surface area contributed by atoms with Gasteiger partial charge < -0.3 is 19.1 Å². The highest BCUT2D eigenvalue weighted by Gasteiger charge is 2.29. The van der Waals surface area contributed by atoms with Crippen molar-refractivity contribution in [1.82, 2.24) is 15.0 Å². The summed E-state index contributed by atoms with van der Waals surface area (Å²) in [7, 11) is 2.75. The molecule has 0 spiro atoms. The second-order valence-corrected chi connectivity index (χ2v) is 4.06. The molecule has 0 radical (unpaired) electrons. The molecule has 1 fully saturated rings. The number of hydrogen-bond acceptors (Lipinski definition) is 8. The van der Waals surface area contributed by atoms with E-state index in [1.807, 2.05) is 0 Å². The number of hydrogen-bond donors (Lipinski definition) is 0. The molecule has 19 heavy (non-hydrogen) atoms. The molecule has 2 rings (SSSR count). The standard InChI is InChI=1S/C10H13ClN4O4/c1-17-7(16)6-5-15(3-4-19-6)9-12-8(11)13-10(14-9)18-2/h6H,3-5H2,1-2H3. The zero-order valence-corrected chi connectivity index (χ0v) is 11.3. The molecule has 8 nitrogen and oxygen atoms in total. The van der Waals surface area contributed by atoms with Crippen LogP contribution in [0.15, 0.2) is 0 Å². The van der Waals surface area contributed by atoms with Crippen LogP contribution < -0.4 is 9.64 Å². The highest BCUT2D eigenvalue weighted by Crippen LogP contribution is 2.18. The normalized spacial score (nSPS) is 19.1. The fraction of sp³-hybridized carbons (Fsp3) is 0.600. The van der Waals surface area contributed by atoms with E-state index in [9.17, 15) is 4.79 Å². The predicted molar refractivity (Wildman–Crippen MR) is 65.4 cm³/mol. The number of aromatic nitrogens is 3. The van der Waals surface area contributed by atoms with Crippen LogP contribution in [-0.4, -0.2) is 60.9 Å². The Bertz CT molecular complexity index is 473. The lowest BCUT2D eigenvalue weighted by molar-refractivity contribution is -0.154. The monoisotopic (exact) mass is 288 g/mol. The van der Waals surface area contributed by atoms with E-state index in [0.29, 0.717) is 19.1 Å². The van der Waals surface area contributed by atoms with Gasteiger partial charge in [-0.1, -0.05) is 0 Å². The van der Waals surface area contributed by atoms with Crippen molar-refractivity contribution in [1.29, 1.82) is 0 Å². The fourth-order valence-electron chi connectivity index (χ4n) is 1.66. The molecule has 1 aromatic rings. The molecule has 104 valence electrons. The second-order valence-electron chi connectivity index (χ2n) is 3.72. The summed E-state index contributed by atoms with van der Waals surface area (Å²) in [5.41, 5.74) is 0. The average molecular weight is 289 g/mol. The number of carbonyl (C=O) groups excluding carboxylic acids is 1. The van der Waals surface area contributed by atoms with Crippen molar-refractivity contribution in [2.24, 2.45) is 0 Å². The lowest BCUT2D eigenvalue weighted by atomic mass is 10.3. The maximum Gasteiger partial charge on any atom is 0.336 e. The SMILES string of the molecule is COC(=O)C1CN(c2nc(Cl)nc(OC)n2)CCO1. The summed E-state index contributed by atoms with van der Waals surface area (Å²) >= 11 is 5.78. The molecule has 0 aromatic carbocycles. The van der Waals surface area contributed by atoms with Gasteiger partial charge in [0, 0.05) is 6.54 Å². The van der Waals surface area contributed by atoms with Gasteiger partial charge in [-0.2, -0.15) is 15.0 Å². The van der Waals surface area contributed by atoms with Crippen molar-refractivity contribution in [3.63, 3.8) is 0 Å². The van der Waals surface area contributed by atoms with Crippen molar-refractivity contribution in [2.75, 3.05) is 38.8 Å². The third-order valence-electron chi connectivity index (χ3n) is 2.57. The molecule has 0 amide bonds. The van der Waals surface area contributed by atoms with Gasteiger partial charge in [-0.15, -0.1) is 0 Å². The van der Waals surface area contributed by atoms with Crippen LogP contribution in [-0.2, 0) is 14.3 Å². The molecular formula is C10H13ClN4O4. The number of anilines is 1. The molecule has 0 aliphatic carbocycles. The van der Waals surface area contributed by atoms with Crippen LogP contribution in [0.25, 0.3) is 0 Å². The Morgan fingerprint density at radius 3 is 2.89 bits per heavy atom. The Kier molecular flexibility index (Phi) is 4.33. The predicted octanol–water partition coefficient (Wildman–Crippen LogP) is -0.0882. The molecule has 1 unspecified atom stereocenters. The summed E-state index contributed by atoms with van der Waals surface area (Å²) in [5, 5.41) is 0.0305. The van der Waals surface area contributed by atoms with E-state index in [1.54, 1.807) is 4.90 Å². The summed E-state index contributed by atoms with van der Waals surface area (Å²) < 4.78 is 14.9. The summed E-state index contributed by atoms with van der Waals surface area (Å²) in [6, 6.07) is 0.121. The molecule has 0 saturated carbocycles. The van der Waals surface area contributed by atoms with E-state index in [-0.39, 0.29) is 17.8 Å². The Balaban J connectivity index is 2.17. The minimum Gasteiger partial charge on any atom is -0.467 e. The lowest BCUT2D eigenvalue weighted by Gasteiger charge is -2.31. The number of rotatable bonds is 3. The number of esters is 1. The van der Waals surface area contributed by atoms with Crippen molar-refractivity contribution in [3.05, 3.63) is 5.28 Å². The van der Waals surface area contributed by atoms with E-state index < -0.39 is 12.1 Å². The number of methoxy groups -OCH3 is 2. The summed E-state index contributed by atoms with van der Waals surface area (Å²) in [6.45, 7) is 1.19. The van der Waals surface area contributed by atoms with E-state index in [1.165, 1.54) is 14.2 Å². The van der Waals surface area contributed by atoms with Crippen LogP contribution in [0, 0.1) is 0 Å². The van der Waals surface area contributed by atoms with Crippen molar-refractivity contribution in [3.8, 4) is 6.01 Å². The largest absolute Gasteiger partial charge is 0.467 e. The Morgan fingerprint density at radius 2 is 2.21 bits per heavy atom. The van der Waals surface area contributed by atoms with Gasteiger partial charge in [0.1, 0.15) is 0 Å². The van der Waals surface area contributed by atoms with E-state index in [4.69, 9.17) is 21.1 Å². The first-order valence-corrected chi connectivity index (χ1v) is 5.91. The molecule has 0 bridgehead atoms. The number of ether oxygens (including phenoxy) is 3. The second kappa shape index (κ2) is 5.98. The van der Waals surface area contributed by atoms with Crippen LogP contribution in [0.1, 0.15) is 0 Å². The van der Waals surface area contributed by atoms with Crippen LogP contribution >= 0.6 is 11.6 Å². The maximum atomic E-state index is 11.5. The first-order valence-electron chi connectivity index (χ1n) is 5.54. The van der Waals surface area contributed by atoms with Crippen LogP contribution in [0.2, 0.25) is 5.28 Å². The highest BCUT2D eigenvalue weighted by molar-refractivity contribution is 6.28. The Hall–Kier alpha value is -1.67. The molecular weight excluding hydrogens is 276 g/mol. The third kappa shape index (κ3) is 3.21. The van der Waals surface area contributed by atoms with E-state index in [0.717, 1.165) is 0 Å². The summed E-state index contributed by atoms with van der Waals surface area (Å²) in [6.07, 6.45) is -0.666. The molecule has 1 aliphatic rings. The van der Waals surface area contributed by atoms with Crippen molar-refractivity contribution < 1.29 is 19.0 Å². The van der Waals surface area contributed by atoms with Gasteiger partial charge in [-0.3, -0.25) is 0 Å². The molecule has 1 aliphatic heterocycles. The minimum atomic E-state index is -0.666. The highest BCUT2D eigenvalue weighted by atomic mass is 35.5. The number of morpholine rings is 1. The molecule has 9 heteroatoms. The van der Waals surface area contributed by atoms with Gasteiger partial charge in [-0.05, 0) is 11.6 Å². The topological polar surface area (TPSA) is 86.7 Å². The molecule has 1 saturated heterocycles. The summed E-state index contributed by atoms with van der Waals surface area (Å²) in [4.78, 5) is 25.1. The first-order chi connectivity index (χ1) is 9.13. The van der Waals surface area contributed by atoms with Crippen LogP contribution in [0.4, 0.5) is 5.95 Å². The smallest absolute Gasteiger partial charge is 0.336 e. The number of nitrogens with zero attached hydrogens (tertiary/aromatic N) is 4. The molecule has 1 aromatic heterocycles. The number of carbonyl (C=O) groups is 1. The Morgan fingerprint density at radius 1 is 1.42 bits per heavy atom. The van der Waals surface area contributed by atoms with Gasteiger partial charge in [-0.25, -0.2) is 4.79 Å². The zero-order valence-electron chi connectivity index (χ0n) is 10.5. The first kappa shape index (κ1) is 13.8. The van der Waals surface area contributed by atoms with Gasteiger partial charge in [0.25, 0.3) is 0 Å². The van der Waals surface area contributed by atoms with Crippen molar-refractivity contribution in [2.45, 2.75) is 6.10 Å². The maximum absolute atomic E-state index is 11.5. The van der Waals surface area contributed by atoms with E-state index >= 15 is 0 Å². The van der Waals surface area contributed by atoms with Crippen molar-refractivity contribution >= 4 is 23.5 Å². The van der Waals surface area contributed by atoms with Crippen LogP contribution in [0.5, 0.6) is 6.01 Å². The molecule has 0 N–H and O–H groups in total. The van der Waals surface area contributed by atoms with E-state index in [2.05, 4.69) is 19.7 Å². The summed E-state index contributed by atoms with van der Waals surface area (Å²) in [5.74, 6) is -0.0918. The van der Waals surface area contributed by atoms with Gasteiger partial charge in [0.15, 0.2) is 6.10 Å². The lowest BCUT2D eigenvalue weighted by Crippen LogP contribution is -2.47. The number of halogens is 1. The van der Waals surface area contributed by atoms with Gasteiger partial charge in [0.05, 0.1) is 27.4 Å². The molecule has 1 atom stereocenters. The quantitative estimate of drug-likeness (QED) is 0.713. The third-order valence-corrected chi connectivity index (χ3v) is 2.74. The zero-order chi connectivity index (χ0) is 13.8. The minimum absolute atomic E-state index is 0.0305. The van der Waals surface area contributed by atoms with Gasteiger partial charge in [0.2, 0.25) is 11.2 Å². The van der Waals surface area contributed by atoms with Gasteiger partial charge >= 0.3 is 12.0 Å². The van der Waals surface area contributed by atoms with Crippen LogP contribution in [0.3, 0.4) is 0 Å².